The fraction of sp³-hybridized carbons (Fsp3) is 0.222. The second kappa shape index (κ2) is 7.62. The van der Waals surface area contributed by atoms with Crippen molar-refractivity contribution in [2.45, 2.75) is 13.3 Å². The number of hydrogen-bond acceptors (Lipinski definition) is 5. The van der Waals surface area contributed by atoms with Crippen molar-refractivity contribution in [3.05, 3.63) is 57.8 Å². The maximum Gasteiger partial charge on any atom is 0.185 e. The Labute approximate surface area is 144 Å². The minimum atomic E-state index is 0.0204. The van der Waals surface area contributed by atoms with Gasteiger partial charge >= 0.3 is 0 Å². The van der Waals surface area contributed by atoms with E-state index in [1.165, 1.54) is 4.88 Å². The van der Waals surface area contributed by atoms with Crippen LogP contribution in [0.15, 0.2) is 47.5 Å². The van der Waals surface area contributed by atoms with Gasteiger partial charge in [-0.05, 0) is 61.9 Å². The lowest BCUT2D eigenvalue weighted by Crippen LogP contribution is -2.13. The first kappa shape index (κ1) is 16.0. The van der Waals surface area contributed by atoms with Gasteiger partial charge in [-0.15, -0.1) is 11.3 Å². The van der Waals surface area contributed by atoms with Crippen molar-refractivity contribution in [3.8, 4) is 0 Å². The predicted octanol–water partition coefficient (Wildman–Crippen LogP) is 4.86. The van der Waals surface area contributed by atoms with Gasteiger partial charge in [-0.25, -0.2) is 0 Å². The van der Waals surface area contributed by atoms with E-state index in [9.17, 15) is 4.79 Å². The zero-order chi connectivity index (χ0) is 16.1. The van der Waals surface area contributed by atoms with Crippen molar-refractivity contribution < 1.29 is 4.79 Å². The molecule has 0 atom stereocenters. The lowest BCUT2D eigenvalue weighted by atomic mass is 10.1. The monoisotopic (exact) mass is 342 g/mol. The highest BCUT2D eigenvalue weighted by Gasteiger charge is 2.07. The molecule has 1 aromatic carbocycles. The van der Waals surface area contributed by atoms with Gasteiger partial charge in [0.05, 0.1) is 0 Å². The molecule has 0 aliphatic carbocycles. The number of carbonyl (C=O) groups excluding carboxylic acids is 1. The standard InChI is InChI=1S/C18H18N2OS2/c1-13-3-8-16(23-13)9-10-17(21)14-4-6-15(7-5-14)20-18-19-11-2-12-22-18/h3-10H,2,11-12H2,1H3,(H,19,20)/b10-9+. The molecular formula is C18H18N2OS2. The molecule has 5 heteroatoms. The summed E-state index contributed by atoms with van der Waals surface area (Å²) in [5, 5.41) is 4.25. The Morgan fingerprint density at radius 1 is 1.22 bits per heavy atom. The van der Waals surface area contributed by atoms with E-state index in [2.05, 4.69) is 23.3 Å². The average molecular weight is 342 g/mol. The van der Waals surface area contributed by atoms with E-state index >= 15 is 0 Å². The van der Waals surface area contributed by atoms with Crippen LogP contribution in [-0.4, -0.2) is 23.2 Å². The van der Waals surface area contributed by atoms with Crippen molar-refractivity contribution in [1.82, 2.24) is 0 Å². The Kier molecular flexibility index (Phi) is 5.31. The van der Waals surface area contributed by atoms with Crippen LogP contribution in [0.25, 0.3) is 6.08 Å². The number of thioether (sulfide) groups is 1. The largest absolute Gasteiger partial charge is 0.335 e. The molecule has 1 aromatic heterocycles. The topological polar surface area (TPSA) is 41.5 Å². The SMILES string of the molecule is Cc1ccc(/C=C/C(=O)c2ccc(NC3=NCCCS3)cc2)s1. The van der Waals surface area contributed by atoms with Crippen LogP contribution in [0.1, 0.15) is 26.5 Å². The molecule has 0 radical (unpaired) electrons. The van der Waals surface area contributed by atoms with E-state index in [0.717, 1.165) is 34.5 Å². The van der Waals surface area contributed by atoms with Crippen molar-refractivity contribution in [1.29, 1.82) is 0 Å². The third-order valence-electron chi connectivity index (χ3n) is 3.38. The van der Waals surface area contributed by atoms with E-state index in [-0.39, 0.29) is 5.78 Å². The van der Waals surface area contributed by atoms with E-state index in [4.69, 9.17) is 0 Å². The number of allylic oxidation sites excluding steroid dienone is 1. The Balaban J connectivity index is 1.63. The lowest BCUT2D eigenvalue weighted by Gasteiger charge is -2.13. The Morgan fingerprint density at radius 3 is 2.70 bits per heavy atom. The van der Waals surface area contributed by atoms with Gasteiger partial charge in [0.1, 0.15) is 0 Å². The molecule has 3 nitrogen and oxygen atoms in total. The molecule has 2 aromatic rings. The van der Waals surface area contributed by atoms with Gasteiger partial charge in [-0.3, -0.25) is 9.79 Å². The molecule has 1 aliphatic heterocycles. The summed E-state index contributed by atoms with van der Waals surface area (Å²) < 4.78 is 0. The predicted molar refractivity (Wildman–Crippen MR) is 102 cm³/mol. The Hall–Kier alpha value is -1.85. The minimum absolute atomic E-state index is 0.0204. The molecule has 0 unspecified atom stereocenters. The normalized spacial score (nSPS) is 14.7. The number of hydrogen-bond donors (Lipinski definition) is 1. The van der Waals surface area contributed by atoms with Crippen LogP contribution in [0.3, 0.4) is 0 Å². The molecule has 0 spiro atoms. The van der Waals surface area contributed by atoms with Gasteiger partial charge in [0.25, 0.3) is 0 Å². The first-order chi connectivity index (χ1) is 11.2. The average Bonchev–Trinajstić information content (AvgIpc) is 3.00. The van der Waals surface area contributed by atoms with Gasteiger partial charge < -0.3 is 5.32 Å². The number of rotatable bonds is 4. The second-order valence-electron chi connectivity index (χ2n) is 5.24. The zero-order valence-electron chi connectivity index (χ0n) is 12.9. The summed E-state index contributed by atoms with van der Waals surface area (Å²) in [5.74, 6) is 1.13. The Morgan fingerprint density at radius 2 is 2.04 bits per heavy atom. The van der Waals surface area contributed by atoms with Crippen LogP contribution in [0, 0.1) is 6.92 Å². The van der Waals surface area contributed by atoms with Crippen LogP contribution in [-0.2, 0) is 0 Å². The molecule has 2 heterocycles. The minimum Gasteiger partial charge on any atom is -0.335 e. The van der Waals surface area contributed by atoms with Crippen molar-refractivity contribution >= 4 is 45.8 Å². The van der Waals surface area contributed by atoms with E-state index in [0.29, 0.717) is 5.56 Å². The molecular weight excluding hydrogens is 324 g/mol. The molecule has 1 aliphatic rings. The van der Waals surface area contributed by atoms with Crippen molar-refractivity contribution in [3.63, 3.8) is 0 Å². The van der Waals surface area contributed by atoms with E-state index in [1.54, 1.807) is 29.2 Å². The van der Waals surface area contributed by atoms with Gasteiger partial charge in [0.2, 0.25) is 0 Å². The van der Waals surface area contributed by atoms with E-state index < -0.39 is 0 Å². The Bertz CT molecular complexity index is 745. The summed E-state index contributed by atoms with van der Waals surface area (Å²) in [4.78, 5) is 19.0. The second-order valence-corrected chi connectivity index (χ2v) is 7.64. The third kappa shape index (κ3) is 4.56. The number of aliphatic imine (C=N–C) groups is 1. The van der Waals surface area contributed by atoms with Crippen molar-refractivity contribution in [2.24, 2.45) is 4.99 Å². The number of benzene rings is 1. The highest BCUT2D eigenvalue weighted by atomic mass is 32.2. The maximum absolute atomic E-state index is 12.2. The molecule has 0 bridgehead atoms. The molecule has 0 fully saturated rings. The van der Waals surface area contributed by atoms with E-state index in [1.807, 2.05) is 36.4 Å². The molecule has 0 saturated heterocycles. The van der Waals surface area contributed by atoms with Crippen LogP contribution in [0.5, 0.6) is 0 Å². The summed E-state index contributed by atoms with van der Waals surface area (Å²) in [6.07, 6.45) is 4.65. The van der Waals surface area contributed by atoms with Gasteiger partial charge in [-0.1, -0.05) is 11.8 Å². The van der Waals surface area contributed by atoms with Crippen LogP contribution in [0.4, 0.5) is 5.69 Å². The highest BCUT2D eigenvalue weighted by molar-refractivity contribution is 8.14. The maximum atomic E-state index is 12.2. The summed E-state index contributed by atoms with van der Waals surface area (Å²) in [7, 11) is 0. The first-order valence-electron chi connectivity index (χ1n) is 7.54. The number of carbonyl (C=O) groups is 1. The number of ketones is 1. The molecule has 23 heavy (non-hydrogen) atoms. The first-order valence-corrected chi connectivity index (χ1v) is 9.34. The molecule has 0 saturated carbocycles. The highest BCUT2D eigenvalue weighted by Crippen LogP contribution is 2.19. The summed E-state index contributed by atoms with van der Waals surface area (Å²) in [6.45, 7) is 2.95. The molecule has 0 amide bonds. The molecule has 118 valence electrons. The van der Waals surface area contributed by atoms with Crippen LogP contribution < -0.4 is 5.32 Å². The number of nitrogens with zero attached hydrogens (tertiary/aromatic N) is 1. The van der Waals surface area contributed by atoms with Crippen LogP contribution in [0.2, 0.25) is 0 Å². The summed E-state index contributed by atoms with van der Waals surface area (Å²) in [5.41, 5.74) is 1.66. The quantitative estimate of drug-likeness (QED) is 0.637. The number of nitrogens with one attached hydrogen (secondary N) is 1. The lowest BCUT2D eigenvalue weighted by molar-refractivity contribution is 0.104. The zero-order valence-corrected chi connectivity index (χ0v) is 14.5. The van der Waals surface area contributed by atoms with Gasteiger partial charge in [0, 0.05) is 33.3 Å². The van der Waals surface area contributed by atoms with Gasteiger partial charge in [-0.2, -0.15) is 0 Å². The number of amidine groups is 1. The van der Waals surface area contributed by atoms with Gasteiger partial charge in [0.15, 0.2) is 11.0 Å². The van der Waals surface area contributed by atoms with Crippen LogP contribution >= 0.6 is 23.1 Å². The fourth-order valence-electron chi connectivity index (χ4n) is 2.17. The summed E-state index contributed by atoms with van der Waals surface area (Å²) in [6, 6.07) is 11.6. The number of anilines is 1. The molecule has 1 N–H and O–H groups in total. The summed E-state index contributed by atoms with van der Waals surface area (Å²) >= 11 is 3.42. The fourth-order valence-corrected chi connectivity index (χ4v) is 3.79. The smallest absolute Gasteiger partial charge is 0.185 e. The van der Waals surface area contributed by atoms with Crippen molar-refractivity contribution in [2.75, 3.05) is 17.6 Å². The number of aryl methyl sites for hydroxylation is 1. The number of thiophene rings is 1. The third-order valence-corrected chi connectivity index (χ3v) is 5.34. The molecule has 3 rings (SSSR count).